The molecule has 0 radical (unpaired) electrons. The first-order chi connectivity index (χ1) is 8.49. The van der Waals surface area contributed by atoms with Crippen molar-refractivity contribution in [3.8, 4) is 0 Å². The number of hydrogen-bond donors (Lipinski definition) is 1. The Labute approximate surface area is 109 Å². The second-order valence-electron chi connectivity index (χ2n) is 4.31. The molecule has 96 valence electrons. The first kappa shape index (κ1) is 13.2. The standard InChI is InChI=1S/C14H14F2OS/c1-8-6-14(18-9(8)2)13(17)7-10-11(15)4-3-5-12(10)16/h3-6,13,17H,7H2,1-2H3. The van der Waals surface area contributed by atoms with Crippen molar-refractivity contribution in [3.05, 3.63) is 56.8 Å². The molecular formula is C14H14F2OS. The van der Waals surface area contributed by atoms with Crippen LogP contribution in [0.1, 0.15) is 27.0 Å². The van der Waals surface area contributed by atoms with Crippen molar-refractivity contribution in [2.45, 2.75) is 26.4 Å². The van der Waals surface area contributed by atoms with Gasteiger partial charge in [-0.3, -0.25) is 0 Å². The number of rotatable bonds is 3. The van der Waals surface area contributed by atoms with Gasteiger partial charge in [-0.25, -0.2) is 8.78 Å². The van der Waals surface area contributed by atoms with Crippen LogP contribution in [0.2, 0.25) is 0 Å². The van der Waals surface area contributed by atoms with Crippen LogP contribution in [0.5, 0.6) is 0 Å². The van der Waals surface area contributed by atoms with E-state index in [0.717, 1.165) is 15.3 Å². The number of thiophene rings is 1. The predicted octanol–water partition coefficient (Wildman–Crippen LogP) is 3.92. The second kappa shape index (κ2) is 5.16. The van der Waals surface area contributed by atoms with E-state index in [1.807, 2.05) is 19.9 Å². The largest absolute Gasteiger partial charge is 0.387 e. The second-order valence-corrected chi connectivity index (χ2v) is 5.60. The van der Waals surface area contributed by atoms with Crippen molar-refractivity contribution in [1.29, 1.82) is 0 Å². The molecule has 1 aromatic carbocycles. The zero-order valence-corrected chi connectivity index (χ0v) is 11.0. The van der Waals surface area contributed by atoms with Crippen LogP contribution in [0.4, 0.5) is 8.78 Å². The van der Waals surface area contributed by atoms with Crippen molar-refractivity contribution in [3.63, 3.8) is 0 Å². The van der Waals surface area contributed by atoms with Crippen LogP contribution in [0, 0.1) is 25.5 Å². The number of aliphatic hydroxyl groups is 1. The average molecular weight is 268 g/mol. The van der Waals surface area contributed by atoms with Gasteiger partial charge in [0.2, 0.25) is 0 Å². The minimum Gasteiger partial charge on any atom is -0.387 e. The molecule has 1 unspecified atom stereocenters. The van der Waals surface area contributed by atoms with E-state index in [1.165, 1.54) is 29.5 Å². The van der Waals surface area contributed by atoms with Gasteiger partial charge in [0.15, 0.2) is 0 Å². The van der Waals surface area contributed by atoms with Crippen molar-refractivity contribution in [2.75, 3.05) is 0 Å². The van der Waals surface area contributed by atoms with Crippen LogP contribution in [0.15, 0.2) is 24.3 Å². The first-order valence-electron chi connectivity index (χ1n) is 5.67. The monoisotopic (exact) mass is 268 g/mol. The molecule has 2 aromatic rings. The summed E-state index contributed by atoms with van der Waals surface area (Å²) < 4.78 is 26.9. The summed E-state index contributed by atoms with van der Waals surface area (Å²) in [6, 6.07) is 5.59. The molecular weight excluding hydrogens is 254 g/mol. The Hall–Kier alpha value is -1.26. The van der Waals surface area contributed by atoms with E-state index in [1.54, 1.807) is 0 Å². The quantitative estimate of drug-likeness (QED) is 0.894. The van der Waals surface area contributed by atoms with Gasteiger partial charge in [-0.05, 0) is 37.6 Å². The normalized spacial score (nSPS) is 12.7. The summed E-state index contributed by atoms with van der Waals surface area (Å²) >= 11 is 1.46. The molecule has 0 aliphatic heterocycles. The lowest BCUT2D eigenvalue weighted by molar-refractivity contribution is 0.179. The van der Waals surface area contributed by atoms with Crippen LogP contribution < -0.4 is 0 Å². The maximum Gasteiger partial charge on any atom is 0.129 e. The fraction of sp³-hybridized carbons (Fsp3) is 0.286. The minimum absolute atomic E-state index is 0.0437. The molecule has 1 aromatic heterocycles. The van der Waals surface area contributed by atoms with Crippen molar-refractivity contribution >= 4 is 11.3 Å². The van der Waals surface area contributed by atoms with Crippen LogP contribution in [0.3, 0.4) is 0 Å². The number of halogens is 2. The van der Waals surface area contributed by atoms with E-state index in [4.69, 9.17) is 0 Å². The third kappa shape index (κ3) is 2.60. The third-order valence-corrected chi connectivity index (χ3v) is 4.23. The van der Waals surface area contributed by atoms with Gasteiger partial charge in [-0.1, -0.05) is 6.07 Å². The Morgan fingerprint density at radius 3 is 2.33 bits per heavy atom. The van der Waals surface area contributed by atoms with Gasteiger partial charge in [0.1, 0.15) is 11.6 Å². The Morgan fingerprint density at radius 1 is 1.22 bits per heavy atom. The first-order valence-corrected chi connectivity index (χ1v) is 6.48. The van der Waals surface area contributed by atoms with Gasteiger partial charge in [-0.2, -0.15) is 0 Å². The molecule has 0 fully saturated rings. The van der Waals surface area contributed by atoms with E-state index >= 15 is 0 Å². The molecule has 2 rings (SSSR count). The van der Waals surface area contributed by atoms with Gasteiger partial charge in [0.05, 0.1) is 6.10 Å². The summed E-state index contributed by atoms with van der Waals surface area (Å²) in [6.45, 7) is 3.91. The van der Waals surface area contributed by atoms with Crippen molar-refractivity contribution < 1.29 is 13.9 Å². The molecule has 1 N–H and O–H groups in total. The molecule has 0 spiro atoms. The number of aliphatic hydroxyl groups excluding tert-OH is 1. The smallest absolute Gasteiger partial charge is 0.129 e. The fourth-order valence-corrected chi connectivity index (χ4v) is 2.82. The zero-order chi connectivity index (χ0) is 13.3. The van der Waals surface area contributed by atoms with Gasteiger partial charge in [0.25, 0.3) is 0 Å². The van der Waals surface area contributed by atoms with Gasteiger partial charge in [-0.15, -0.1) is 11.3 Å². The summed E-state index contributed by atoms with van der Waals surface area (Å²) in [4.78, 5) is 1.85. The molecule has 4 heteroatoms. The van der Waals surface area contributed by atoms with Crippen molar-refractivity contribution in [1.82, 2.24) is 0 Å². The Balaban J connectivity index is 2.23. The predicted molar refractivity (Wildman–Crippen MR) is 68.8 cm³/mol. The van der Waals surface area contributed by atoms with Crippen LogP contribution in [-0.2, 0) is 6.42 Å². The summed E-state index contributed by atoms with van der Waals surface area (Å²) in [5.41, 5.74) is 1.02. The maximum absolute atomic E-state index is 13.5. The summed E-state index contributed by atoms with van der Waals surface area (Å²) in [5.74, 6) is -1.22. The van der Waals surface area contributed by atoms with Crippen LogP contribution in [0.25, 0.3) is 0 Å². The molecule has 1 heterocycles. The molecule has 0 saturated carbocycles. The highest BCUT2D eigenvalue weighted by molar-refractivity contribution is 7.12. The van der Waals surface area contributed by atoms with Crippen molar-refractivity contribution in [2.24, 2.45) is 0 Å². The Kier molecular flexibility index (Phi) is 3.78. The number of hydrogen-bond acceptors (Lipinski definition) is 2. The van der Waals surface area contributed by atoms with Gasteiger partial charge in [0, 0.05) is 21.7 Å². The van der Waals surface area contributed by atoms with E-state index < -0.39 is 17.7 Å². The molecule has 0 aliphatic carbocycles. The fourth-order valence-electron chi connectivity index (χ4n) is 1.79. The van der Waals surface area contributed by atoms with E-state index in [9.17, 15) is 13.9 Å². The van der Waals surface area contributed by atoms with Crippen LogP contribution >= 0.6 is 11.3 Å². The van der Waals surface area contributed by atoms with E-state index in [-0.39, 0.29) is 12.0 Å². The third-order valence-electron chi connectivity index (χ3n) is 2.97. The minimum atomic E-state index is -0.867. The van der Waals surface area contributed by atoms with Gasteiger partial charge >= 0.3 is 0 Å². The average Bonchev–Trinajstić information content (AvgIpc) is 2.64. The molecule has 18 heavy (non-hydrogen) atoms. The topological polar surface area (TPSA) is 20.2 Å². The van der Waals surface area contributed by atoms with Crippen LogP contribution in [-0.4, -0.2) is 5.11 Å². The van der Waals surface area contributed by atoms with E-state index in [0.29, 0.717) is 0 Å². The highest BCUT2D eigenvalue weighted by Gasteiger charge is 2.17. The molecule has 0 amide bonds. The highest BCUT2D eigenvalue weighted by atomic mass is 32.1. The highest BCUT2D eigenvalue weighted by Crippen LogP contribution is 2.29. The molecule has 1 nitrogen and oxygen atoms in total. The van der Waals surface area contributed by atoms with E-state index in [2.05, 4.69) is 0 Å². The lowest BCUT2D eigenvalue weighted by Gasteiger charge is -2.10. The Morgan fingerprint density at radius 2 is 1.83 bits per heavy atom. The SMILES string of the molecule is Cc1cc(C(O)Cc2c(F)cccc2F)sc1C. The molecule has 0 bridgehead atoms. The van der Waals surface area contributed by atoms with Gasteiger partial charge < -0.3 is 5.11 Å². The summed E-state index contributed by atoms with van der Waals surface area (Å²) in [5, 5.41) is 10.0. The zero-order valence-electron chi connectivity index (χ0n) is 10.2. The lowest BCUT2D eigenvalue weighted by Crippen LogP contribution is -2.04. The Bertz CT molecular complexity index is 523. The number of aryl methyl sites for hydroxylation is 2. The summed E-state index contributed by atoms with van der Waals surface area (Å²) in [6.07, 6.45) is -0.911. The molecule has 0 saturated heterocycles. The molecule has 0 aliphatic rings. The lowest BCUT2D eigenvalue weighted by atomic mass is 10.1. The molecule has 1 atom stereocenters. The maximum atomic E-state index is 13.5. The summed E-state index contributed by atoms with van der Waals surface area (Å²) in [7, 11) is 0. The number of benzene rings is 1.